The van der Waals surface area contributed by atoms with Crippen molar-refractivity contribution in [2.45, 2.75) is 4.90 Å². The van der Waals surface area contributed by atoms with Gasteiger partial charge in [-0.1, -0.05) is 41.6 Å². The lowest BCUT2D eigenvalue weighted by molar-refractivity contribution is -0.115. The number of hydrogen-bond acceptors (Lipinski definition) is 7. The number of methoxy groups -OCH3 is 1. The lowest BCUT2D eigenvalue weighted by atomic mass is 10.2. The molecule has 2 aromatic carbocycles. The van der Waals surface area contributed by atoms with Gasteiger partial charge in [0.2, 0.25) is 0 Å². The molecule has 1 aliphatic rings. The second-order valence-electron chi connectivity index (χ2n) is 5.25. The van der Waals surface area contributed by atoms with E-state index in [1.807, 2.05) is 0 Å². The molecule has 1 saturated heterocycles. The van der Waals surface area contributed by atoms with Crippen molar-refractivity contribution < 1.29 is 22.1 Å². The van der Waals surface area contributed by atoms with Gasteiger partial charge in [-0.2, -0.15) is 8.42 Å². The molecule has 0 radical (unpaired) electrons. The molecule has 0 aromatic heterocycles. The van der Waals surface area contributed by atoms with Crippen molar-refractivity contribution in [1.82, 2.24) is 5.32 Å². The van der Waals surface area contributed by atoms with Gasteiger partial charge in [0.25, 0.3) is 5.91 Å². The van der Waals surface area contributed by atoms with Gasteiger partial charge in [0.15, 0.2) is 11.5 Å². The third kappa shape index (κ3) is 4.62. The van der Waals surface area contributed by atoms with Crippen LogP contribution in [0.2, 0.25) is 5.02 Å². The zero-order valence-electron chi connectivity index (χ0n) is 13.8. The molecule has 10 heteroatoms. The summed E-state index contributed by atoms with van der Waals surface area (Å²) in [6.45, 7) is 0. The number of thioether (sulfide) groups is 1. The molecule has 0 unspecified atom stereocenters. The highest BCUT2D eigenvalue weighted by atomic mass is 35.5. The molecular weight excluding hydrogens is 430 g/mol. The zero-order chi connectivity index (χ0) is 19.6. The van der Waals surface area contributed by atoms with E-state index >= 15 is 0 Å². The number of carbonyl (C=O) groups is 1. The van der Waals surface area contributed by atoms with Gasteiger partial charge in [0.1, 0.15) is 9.22 Å². The number of hydrogen-bond donors (Lipinski definition) is 1. The lowest BCUT2D eigenvalue weighted by Crippen LogP contribution is -2.17. The molecule has 1 N–H and O–H groups in total. The van der Waals surface area contributed by atoms with Crippen LogP contribution < -0.4 is 14.2 Å². The molecule has 1 aliphatic heterocycles. The highest BCUT2D eigenvalue weighted by Crippen LogP contribution is 2.33. The molecule has 1 heterocycles. The van der Waals surface area contributed by atoms with E-state index in [0.29, 0.717) is 19.8 Å². The first-order chi connectivity index (χ1) is 12.8. The van der Waals surface area contributed by atoms with E-state index in [-0.39, 0.29) is 22.3 Å². The van der Waals surface area contributed by atoms with Gasteiger partial charge in [-0.05, 0) is 48.0 Å². The predicted octanol–water partition coefficient (Wildman–Crippen LogP) is 3.61. The predicted molar refractivity (Wildman–Crippen MR) is 109 cm³/mol. The average molecular weight is 442 g/mol. The first kappa shape index (κ1) is 19.7. The summed E-state index contributed by atoms with van der Waals surface area (Å²) in [4.78, 5) is 12.1. The van der Waals surface area contributed by atoms with Crippen LogP contribution in [0.1, 0.15) is 5.56 Å². The molecule has 6 nitrogen and oxygen atoms in total. The normalized spacial score (nSPS) is 15.7. The topological polar surface area (TPSA) is 81.7 Å². The van der Waals surface area contributed by atoms with Gasteiger partial charge in [0, 0.05) is 5.02 Å². The number of thiocarbonyl (C=S) groups is 1. The molecule has 0 atom stereocenters. The Kier molecular flexibility index (Phi) is 5.75. The van der Waals surface area contributed by atoms with Crippen LogP contribution >= 0.6 is 35.6 Å². The van der Waals surface area contributed by atoms with Crippen LogP contribution in [0.25, 0.3) is 6.08 Å². The van der Waals surface area contributed by atoms with Crippen molar-refractivity contribution in [1.29, 1.82) is 0 Å². The van der Waals surface area contributed by atoms with Crippen molar-refractivity contribution in [3.63, 3.8) is 0 Å². The first-order valence-corrected chi connectivity index (χ1v) is 10.4. The maximum absolute atomic E-state index is 12.4. The maximum atomic E-state index is 12.4. The summed E-state index contributed by atoms with van der Waals surface area (Å²) in [7, 11) is -2.66. The third-order valence-corrected chi connectivity index (χ3v) is 6.09. The van der Waals surface area contributed by atoms with Crippen LogP contribution in [0.15, 0.2) is 52.3 Å². The highest BCUT2D eigenvalue weighted by molar-refractivity contribution is 8.26. The number of ether oxygens (including phenoxy) is 1. The molecule has 2 aromatic rings. The molecule has 3 rings (SSSR count). The molecule has 0 spiro atoms. The van der Waals surface area contributed by atoms with E-state index in [1.165, 1.54) is 37.4 Å². The molecule has 0 bridgehead atoms. The Balaban J connectivity index is 1.89. The minimum Gasteiger partial charge on any atom is -0.493 e. The van der Waals surface area contributed by atoms with Gasteiger partial charge in [0.05, 0.1) is 12.0 Å². The summed E-state index contributed by atoms with van der Waals surface area (Å²) in [5.41, 5.74) is 0.630. The summed E-state index contributed by atoms with van der Waals surface area (Å²) in [5.74, 6) is -0.0591. The number of amides is 1. The van der Waals surface area contributed by atoms with E-state index in [0.717, 1.165) is 11.8 Å². The molecule has 1 amide bonds. The second kappa shape index (κ2) is 7.89. The Morgan fingerprint density at radius 3 is 2.44 bits per heavy atom. The highest BCUT2D eigenvalue weighted by Gasteiger charge is 2.23. The molecular formula is C17H12ClNO5S3. The number of carbonyl (C=O) groups excluding carboxylic acids is 1. The summed E-state index contributed by atoms with van der Waals surface area (Å²) < 4.78 is 35.6. The summed E-state index contributed by atoms with van der Waals surface area (Å²) in [5, 5.41) is 2.94. The van der Waals surface area contributed by atoms with Crippen LogP contribution in [0.5, 0.6) is 11.5 Å². The van der Waals surface area contributed by atoms with E-state index < -0.39 is 10.1 Å². The Hall–Kier alpha value is -2.07. The van der Waals surface area contributed by atoms with Crippen LogP contribution in [-0.2, 0) is 14.9 Å². The SMILES string of the molecule is COc1cc(/C=C2\SC(=S)NC2=O)ccc1OS(=O)(=O)c1ccc(Cl)cc1. The number of halogens is 1. The van der Waals surface area contributed by atoms with E-state index in [9.17, 15) is 13.2 Å². The van der Waals surface area contributed by atoms with Crippen molar-refractivity contribution >= 4 is 62.0 Å². The molecule has 140 valence electrons. The van der Waals surface area contributed by atoms with Gasteiger partial charge < -0.3 is 14.2 Å². The van der Waals surface area contributed by atoms with Crippen LogP contribution in [-0.4, -0.2) is 25.8 Å². The average Bonchev–Trinajstić information content (AvgIpc) is 2.93. The summed E-state index contributed by atoms with van der Waals surface area (Å²) in [6.07, 6.45) is 1.62. The zero-order valence-corrected chi connectivity index (χ0v) is 17.0. The second-order valence-corrected chi connectivity index (χ2v) is 8.96. The Labute approximate surface area is 170 Å². The van der Waals surface area contributed by atoms with E-state index in [1.54, 1.807) is 18.2 Å². The largest absolute Gasteiger partial charge is 0.493 e. The number of rotatable bonds is 5. The molecule has 27 heavy (non-hydrogen) atoms. The van der Waals surface area contributed by atoms with Crippen molar-refractivity contribution in [2.24, 2.45) is 0 Å². The fraction of sp³-hybridized carbons (Fsp3) is 0.0588. The van der Waals surface area contributed by atoms with E-state index in [2.05, 4.69) is 5.32 Å². The Morgan fingerprint density at radius 2 is 1.85 bits per heavy atom. The minimum atomic E-state index is -4.05. The monoisotopic (exact) mass is 441 g/mol. The molecule has 0 saturated carbocycles. The van der Waals surface area contributed by atoms with Crippen LogP contribution in [0, 0.1) is 0 Å². The van der Waals surface area contributed by atoms with E-state index in [4.69, 9.17) is 32.7 Å². The van der Waals surface area contributed by atoms with Gasteiger partial charge in [-0.15, -0.1) is 0 Å². The Bertz CT molecular complexity index is 1050. The number of nitrogens with one attached hydrogen (secondary N) is 1. The lowest BCUT2D eigenvalue weighted by Gasteiger charge is -2.11. The summed E-state index contributed by atoms with van der Waals surface area (Å²) in [6, 6.07) is 10.2. The molecule has 0 aliphatic carbocycles. The van der Waals surface area contributed by atoms with Gasteiger partial charge in [-0.3, -0.25) is 4.79 Å². The van der Waals surface area contributed by atoms with Crippen LogP contribution in [0.4, 0.5) is 0 Å². The van der Waals surface area contributed by atoms with Crippen molar-refractivity contribution in [2.75, 3.05) is 7.11 Å². The maximum Gasteiger partial charge on any atom is 0.339 e. The van der Waals surface area contributed by atoms with Crippen LogP contribution in [0.3, 0.4) is 0 Å². The van der Waals surface area contributed by atoms with Crippen molar-refractivity contribution in [3.05, 3.63) is 58.0 Å². The minimum absolute atomic E-state index is 0.0219. The Morgan fingerprint density at radius 1 is 1.15 bits per heavy atom. The standard InChI is InChI=1S/C17H12ClNO5S3/c1-23-14-8-10(9-15-16(20)19-17(25)26-15)2-7-13(14)24-27(21,22)12-5-3-11(18)4-6-12/h2-9H,1H3,(H,19,20,25)/b15-9-. The van der Waals surface area contributed by atoms with Crippen molar-refractivity contribution in [3.8, 4) is 11.5 Å². The summed E-state index contributed by atoms with van der Waals surface area (Å²) >= 11 is 11.9. The fourth-order valence-corrected chi connectivity index (χ4v) is 4.29. The number of benzene rings is 2. The third-order valence-electron chi connectivity index (χ3n) is 3.43. The fourth-order valence-electron chi connectivity index (χ4n) is 2.18. The molecule has 1 fully saturated rings. The first-order valence-electron chi connectivity index (χ1n) is 7.41. The van der Waals surface area contributed by atoms with Gasteiger partial charge in [-0.25, -0.2) is 0 Å². The quantitative estimate of drug-likeness (QED) is 0.431. The van der Waals surface area contributed by atoms with Gasteiger partial charge >= 0.3 is 10.1 Å². The smallest absolute Gasteiger partial charge is 0.339 e.